The van der Waals surface area contributed by atoms with E-state index in [2.05, 4.69) is 14.8 Å². The van der Waals surface area contributed by atoms with Gasteiger partial charge in [-0.1, -0.05) is 12.1 Å². The number of hydrogen-bond acceptors (Lipinski definition) is 5. The standard InChI is InChI=1S/C36H42F2N4O3/c1-32(2,3)45-31(43)42(30-22-26(14-21-40-30)25-8-11-28(12-9-25)44-33(4,5)39-7)24-35-15-18-36(19-16-35,20-17-35)29-13-10-27(23-41-29)34(6,37)38/h8-14,21-23H,15-20,24H2,1-6H3. The molecule has 9 heteroatoms. The van der Waals surface area contributed by atoms with E-state index in [1.54, 1.807) is 31.0 Å². The van der Waals surface area contributed by atoms with E-state index in [0.717, 1.165) is 62.3 Å². The van der Waals surface area contributed by atoms with Gasteiger partial charge in [0.1, 0.15) is 17.2 Å². The minimum Gasteiger partial charge on any atom is -0.443 e. The molecule has 0 saturated heterocycles. The number of carbonyl (C=O) groups excluding carboxylic acids is 1. The number of benzene rings is 1. The van der Waals surface area contributed by atoms with Gasteiger partial charge in [-0.05, 0) is 112 Å². The molecule has 2 bridgehead atoms. The normalized spacial score (nSPS) is 21.6. The van der Waals surface area contributed by atoms with Crippen LogP contribution in [-0.2, 0) is 16.1 Å². The van der Waals surface area contributed by atoms with Gasteiger partial charge in [0.25, 0.3) is 5.92 Å². The Morgan fingerprint density at radius 2 is 1.56 bits per heavy atom. The number of ether oxygens (including phenoxy) is 2. The Morgan fingerprint density at radius 1 is 0.911 bits per heavy atom. The lowest BCUT2D eigenvalue weighted by atomic mass is 9.52. The molecule has 0 radical (unpaired) electrons. The van der Waals surface area contributed by atoms with Crippen molar-refractivity contribution in [2.45, 2.75) is 103 Å². The number of amides is 1. The maximum Gasteiger partial charge on any atom is 0.416 e. The van der Waals surface area contributed by atoms with Gasteiger partial charge in [0.15, 0.2) is 0 Å². The van der Waals surface area contributed by atoms with Crippen LogP contribution in [0.5, 0.6) is 5.75 Å². The first kappa shape index (κ1) is 32.3. The number of halogens is 2. The van der Waals surface area contributed by atoms with E-state index >= 15 is 0 Å². The van der Waals surface area contributed by atoms with Gasteiger partial charge in [0.05, 0.1) is 13.8 Å². The molecule has 0 unspecified atom stereocenters. The van der Waals surface area contributed by atoms with Gasteiger partial charge in [-0.2, -0.15) is 0 Å². The zero-order valence-corrected chi connectivity index (χ0v) is 27.0. The number of carbonyl (C=O) groups is 1. The van der Waals surface area contributed by atoms with Crippen LogP contribution in [0.25, 0.3) is 16.0 Å². The minimum atomic E-state index is -2.91. The minimum absolute atomic E-state index is 0.0698. The molecule has 3 saturated carbocycles. The van der Waals surface area contributed by atoms with Crippen LogP contribution in [0.15, 0.2) is 60.9 Å². The third-order valence-corrected chi connectivity index (χ3v) is 9.17. The van der Waals surface area contributed by atoms with Crippen LogP contribution < -0.4 is 9.64 Å². The van der Waals surface area contributed by atoms with Crippen molar-refractivity contribution in [3.8, 4) is 16.9 Å². The molecule has 1 amide bonds. The van der Waals surface area contributed by atoms with Crippen LogP contribution in [-0.4, -0.2) is 33.9 Å². The first-order valence-electron chi connectivity index (χ1n) is 15.5. The maximum atomic E-state index is 13.8. The molecule has 1 aromatic carbocycles. The van der Waals surface area contributed by atoms with Crippen molar-refractivity contribution < 1.29 is 23.0 Å². The molecule has 3 fully saturated rings. The van der Waals surface area contributed by atoms with Crippen molar-refractivity contribution in [3.63, 3.8) is 0 Å². The Kier molecular flexibility index (Phi) is 8.41. The van der Waals surface area contributed by atoms with E-state index in [0.29, 0.717) is 18.1 Å². The molecule has 0 atom stereocenters. The fourth-order valence-corrected chi connectivity index (χ4v) is 6.52. The number of anilines is 1. The number of pyridine rings is 2. The highest BCUT2D eigenvalue weighted by Gasteiger charge is 2.51. The molecule has 45 heavy (non-hydrogen) atoms. The highest BCUT2D eigenvalue weighted by molar-refractivity contribution is 5.87. The first-order chi connectivity index (χ1) is 21.0. The topological polar surface area (TPSA) is 68.9 Å². The molecule has 2 aromatic heterocycles. The third-order valence-electron chi connectivity index (χ3n) is 9.17. The molecule has 3 aliphatic carbocycles. The fourth-order valence-electron chi connectivity index (χ4n) is 6.52. The summed E-state index contributed by atoms with van der Waals surface area (Å²) in [5.41, 5.74) is 0.759. The largest absolute Gasteiger partial charge is 0.443 e. The monoisotopic (exact) mass is 616 g/mol. The van der Waals surface area contributed by atoms with Gasteiger partial charge < -0.3 is 9.47 Å². The Hall–Kier alpha value is -4.06. The molecule has 0 N–H and O–H groups in total. The number of rotatable bonds is 8. The Morgan fingerprint density at radius 3 is 2.09 bits per heavy atom. The van der Waals surface area contributed by atoms with Crippen LogP contribution in [0.3, 0.4) is 0 Å². The zero-order chi connectivity index (χ0) is 32.7. The van der Waals surface area contributed by atoms with E-state index in [-0.39, 0.29) is 16.4 Å². The van der Waals surface area contributed by atoms with E-state index in [4.69, 9.17) is 16.0 Å². The number of alkyl halides is 2. The lowest BCUT2D eigenvalue weighted by Gasteiger charge is -2.54. The van der Waals surface area contributed by atoms with Crippen molar-refractivity contribution in [1.29, 1.82) is 0 Å². The van der Waals surface area contributed by atoms with E-state index in [1.807, 2.05) is 57.2 Å². The summed E-state index contributed by atoms with van der Waals surface area (Å²) in [5, 5.41) is 0. The van der Waals surface area contributed by atoms with Crippen molar-refractivity contribution in [1.82, 2.24) is 9.97 Å². The number of fused-ring (bicyclic) bond motifs is 3. The van der Waals surface area contributed by atoms with E-state index in [9.17, 15) is 13.6 Å². The molecule has 6 rings (SSSR count). The number of nitrogens with zero attached hydrogens (tertiary/aromatic N) is 4. The molecule has 3 aromatic rings. The molecule has 0 spiro atoms. The van der Waals surface area contributed by atoms with Crippen molar-refractivity contribution >= 4 is 11.9 Å². The SMILES string of the molecule is [C-]#[N+]C(C)(C)Oc1ccc(-c2ccnc(N(CC34CCC(c5ccc(C(C)(F)F)cn5)(CC3)CC4)C(=O)OC(C)(C)C)c2)cc1. The number of aromatic nitrogens is 2. The predicted molar refractivity (Wildman–Crippen MR) is 170 cm³/mol. The molecule has 7 nitrogen and oxygen atoms in total. The van der Waals surface area contributed by atoms with Crippen molar-refractivity contribution in [2.24, 2.45) is 5.41 Å². The summed E-state index contributed by atoms with van der Waals surface area (Å²) in [7, 11) is 0. The predicted octanol–water partition coefficient (Wildman–Crippen LogP) is 9.32. The average Bonchev–Trinajstić information content (AvgIpc) is 3.00. The summed E-state index contributed by atoms with van der Waals surface area (Å²) in [4.78, 5) is 28.0. The van der Waals surface area contributed by atoms with Crippen LogP contribution in [0.2, 0.25) is 0 Å². The van der Waals surface area contributed by atoms with Gasteiger partial charge in [0.2, 0.25) is 0 Å². The van der Waals surface area contributed by atoms with Gasteiger partial charge in [-0.3, -0.25) is 14.7 Å². The Labute approximate surface area is 264 Å². The third kappa shape index (κ3) is 7.27. The first-order valence-corrected chi connectivity index (χ1v) is 15.5. The summed E-state index contributed by atoms with van der Waals surface area (Å²) in [5.74, 6) is -1.79. The molecular formula is C36H42F2N4O3. The summed E-state index contributed by atoms with van der Waals surface area (Å²) in [6, 6.07) is 14.6. The summed E-state index contributed by atoms with van der Waals surface area (Å²) < 4.78 is 39.2. The fraction of sp³-hybridized carbons (Fsp3) is 0.500. The number of hydrogen-bond donors (Lipinski definition) is 0. The van der Waals surface area contributed by atoms with Crippen LogP contribution in [0, 0.1) is 12.0 Å². The average molecular weight is 617 g/mol. The summed E-state index contributed by atoms with van der Waals surface area (Å²) in [6.07, 6.45) is 7.91. The smallest absolute Gasteiger partial charge is 0.416 e. The van der Waals surface area contributed by atoms with Crippen molar-refractivity contribution in [2.75, 3.05) is 11.4 Å². The Balaban J connectivity index is 1.37. The molecule has 2 heterocycles. The van der Waals surface area contributed by atoms with Crippen LogP contribution in [0.1, 0.15) is 91.3 Å². The highest BCUT2D eigenvalue weighted by Crippen LogP contribution is 2.58. The van der Waals surface area contributed by atoms with Gasteiger partial charge in [0, 0.05) is 42.5 Å². The van der Waals surface area contributed by atoms with E-state index < -0.39 is 23.3 Å². The van der Waals surface area contributed by atoms with Crippen molar-refractivity contribution in [3.05, 3.63) is 83.6 Å². The van der Waals surface area contributed by atoms with Crippen LogP contribution in [0.4, 0.5) is 19.4 Å². The zero-order valence-electron chi connectivity index (χ0n) is 27.0. The summed E-state index contributed by atoms with van der Waals surface area (Å²) in [6.45, 7) is 17.7. The molecule has 238 valence electrons. The Bertz CT molecular complexity index is 1540. The van der Waals surface area contributed by atoms with Gasteiger partial charge >= 0.3 is 11.8 Å². The second-order valence-electron chi connectivity index (χ2n) is 14.3. The summed E-state index contributed by atoms with van der Waals surface area (Å²) >= 11 is 0. The lowest BCUT2D eigenvalue weighted by Crippen LogP contribution is -2.51. The molecule has 0 aliphatic heterocycles. The quantitative estimate of drug-likeness (QED) is 0.236. The van der Waals surface area contributed by atoms with Crippen LogP contribution >= 0.6 is 0 Å². The van der Waals surface area contributed by atoms with E-state index in [1.165, 1.54) is 12.3 Å². The van der Waals surface area contributed by atoms with Gasteiger partial charge in [-0.15, -0.1) is 0 Å². The van der Waals surface area contributed by atoms with Gasteiger partial charge in [-0.25, -0.2) is 25.1 Å². The second-order valence-corrected chi connectivity index (χ2v) is 14.3. The lowest BCUT2D eigenvalue weighted by molar-refractivity contribution is 0.0164. The second kappa shape index (κ2) is 11.7. The maximum absolute atomic E-state index is 13.8. The molecular weight excluding hydrogens is 574 g/mol. The molecule has 3 aliphatic rings. The highest BCUT2D eigenvalue weighted by atomic mass is 19.3.